The molecule has 0 bridgehead atoms. The van der Waals surface area contributed by atoms with Crippen molar-refractivity contribution in [1.82, 2.24) is 0 Å². The lowest BCUT2D eigenvalue weighted by molar-refractivity contribution is 0.0222. The highest BCUT2D eigenvalue weighted by Gasteiger charge is 2.25. The van der Waals surface area contributed by atoms with Crippen LogP contribution in [0.25, 0.3) is 0 Å². The maximum absolute atomic E-state index is 12.7. The van der Waals surface area contributed by atoms with Crippen LogP contribution in [-0.2, 0) is 9.47 Å². The van der Waals surface area contributed by atoms with Crippen LogP contribution in [0, 0.1) is 6.92 Å². The molecule has 0 aliphatic heterocycles. The molecule has 2 atom stereocenters. The molecule has 0 heterocycles. The average molecular weight is 348 g/mol. The Kier molecular flexibility index (Phi) is 9.25. The fourth-order valence-corrected chi connectivity index (χ4v) is 2.87. The van der Waals surface area contributed by atoms with Crippen LogP contribution in [0.3, 0.4) is 0 Å². The summed E-state index contributed by atoms with van der Waals surface area (Å²) in [7, 11) is 0. The van der Waals surface area contributed by atoms with Gasteiger partial charge in [-0.3, -0.25) is 0 Å². The number of ether oxygens (including phenoxy) is 2. The molecule has 2 unspecified atom stereocenters. The molecule has 0 N–H and O–H groups in total. The van der Waals surface area contributed by atoms with Crippen LogP contribution in [0.2, 0.25) is 0 Å². The van der Waals surface area contributed by atoms with E-state index in [0.717, 1.165) is 44.1 Å². The summed E-state index contributed by atoms with van der Waals surface area (Å²) in [6.07, 6.45) is 4.83. The molecule has 0 saturated heterocycles. The number of esters is 2. The van der Waals surface area contributed by atoms with Crippen molar-refractivity contribution < 1.29 is 19.1 Å². The zero-order chi connectivity index (χ0) is 18.8. The highest BCUT2D eigenvalue weighted by molar-refractivity contribution is 6.04. The van der Waals surface area contributed by atoms with Crippen LogP contribution in [0.1, 0.15) is 92.5 Å². The molecule has 140 valence electrons. The summed E-state index contributed by atoms with van der Waals surface area (Å²) in [6.45, 7) is 9.93. The fourth-order valence-electron chi connectivity index (χ4n) is 2.87. The van der Waals surface area contributed by atoms with E-state index in [9.17, 15) is 9.59 Å². The van der Waals surface area contributed by atoms with E-state index in [-0.39, 0.29) is 12.2 Å². The first kappa shape index (κ1) is 21.2. The lowest BCUT2D eigenvalue weighted by Crippen LogP contribution is -2.23. The summed E-state index contributed by atoms with van der Waals surface area (Å²) in [5, 5.41) is 0. The number of carbonyl (C=O) groups excluding carboxylic acids is 2. The molecular weight excluding hydrogens is 316 g/mol. The van der Waals surface area contributed by atoms with Gasteiger partial charge in [-0.2, -0.15) is 0 Å². The first-order valence-corrected chi connectivity index (χ1v) is 9.49. The highest BCUT2D eigenvalue weighted by atomic mass is 16.5. The van der Waals surface area contributed by atoms with Crippen molar-refractivity contribution in [2.24, 2.45) is 0 Å². The van der Waals surface area contributed by atoms with Gasteiger partial charge in [0.05, 0.1) is 11.1 Å². The van der Waals surface area contributed by atoms with Crippen LogP contribution in [0.5, 0.6) is 0 Å². The molecule has 4 heteroatoms. The number of hydrogen-bond acceptors (Lipinski definition) is 4. The Labute approximate surface area is 151 Å². The van der Waals surface area contributed by atoms with Crippen molar-refractivity contribution in [3.8, 4) is 0 Å². The smallest absolute Gasteiger partial charge is 0.339 e. The van der Waals surface area contributed by atoms with Crippen LogP contribution in [0.4, 0.5) is 0 Å². The molecule has 0 amide bonds. The number of carbonyl (C=O) groups is 2. The Morgan fingerprint density at radius 3 is 1.88 bits per heavy atom. The molecule has 0 fully saturated rings. The van der Waals surface area contributed by atoms with Crippen molar-refractivity contribution in [2.75, 3.05) is 0 Å². The summed E-state index contributed by atoms with van der Waals surface area (Å²) < 4.78 is 11.2. The summed E-state index contributed by atoms with van der Waals surface area (Å²) >= 11 is 0. The van der Waals surface area contributed by atoms with Gasteiger partial charge in [-0.25, -0.2) is 9.59 Å². The molecule has 0 radical (unpaired) electrons. The summed E-state index contributed by atoms with van der Waals surface area (Å²) in [6, 6.07) is 5.23. The van der Waals surface area contributed by atoms with Gasteiger partial charge < -0.3 is 9.47 Å². The van der Waals surface area contributed by atoms with E-state index in [0.29, 0.717) is 11.1 Å². The second kappa shape index (κ2) is 10.9. The van der Waals surface area contributed by atoms with Gasteiger partial charge in [0.2, 0.25) is 0 Å². The van der Waals surface area contributed by atoms with Crippen molar-refractivity contribution in [3.63, 3.8) is 0 Å². The Morgan fingerprint density at radius 1 is 0.880 bits per heavy atom. The van der Waals surface area contributed by atoms with E-state index in [1.54, 1.807) is 12.1 Å². The normalized spacial score (nSPS) is 13.2. The minimum Gasteiger partial charge on any atom is -0.459 e. The Morgan fingerprint density at radius 2 is 1.40 bits per heavy atom. The first-order valence-electron chi connectivity index (χ1n) is 9.49. The molecule has 0 aliphatic rings. The highest BCUT2D eigenvalue weighted by Crippen LogP contribution is 2.20. The van der Waals surface area contributed by atoms with Gasteiger partial charge in [-0.05, 0) is 44.2 Å². The predicted octanol–water partition coefficient (Wildman–Crippen LogP) is 5.47. The van der Waals surface area contributed by atoms with Crippen molar-refractivity contribution in [3.05, 3.63) is 34.9 Å². The molecule has 1 aromatic rings. The van der Waals surface area contributed by atoms with E-state index in [1.165, 1.54) is 0 Å². The van der Waals surface area contributed by atoms with Crippen LogP contribution >= 0.6 is 0 Å². The first-order chi connectivity index (χ1) is 12.0. The number of benzene rings is 1. The average Bonchev–Trinajstić information content (AvgIpc) is 2.60. The van der Waals surface area contributed by atoms with E-state index in [4.69, 9.17) is 9.47 Å². The summed E-state index contributed by atoms with van der Waals surface area (Å²) in [5.41, 5.74) is 1.36. The molecule has 0 aliphatic carbocycles. The molecule has 0 aromatic heterocycles. The topological polar surface area (TPSA) is 52.6 Å². The van der Waals surface area contributed by atoms with Crippen molar-refractivity contribution >= 4 is 11.9 Å². The molecule has 4 nitrogen and oxygen atoms in total. The number of hydrogen-bond donors (Lipinski definition) is 0. The van der Waals surface area contributed by atoms with Gasteiger partial charge in [-0.1, -0.05) is 52.7 Å². The predicted molar refractivity (Wildman–Crippen MR) is 100.0 cm³/mol. The second-order valence-corrected chi connectivity index (χ2v) is 6.45. The third-order valence-electron chi connectivity index (χ3n) is 4.38. The van der Waals surface area contributed by atoms with E-state index in [1.807, 2.05) is 26.8 Å². The minimum absolute atomic E-state index is 0.120. The van der Waals surface area contributed by atoms with Gasteiger partial charge >= 0.3 is 11.9 Å². The summed E-state index contributed by atoms with van der Waals surface area (Å²) in [4.78, 5) is 25.3. The monoisotopic (exact) mass is 348 g/mol. The zero-order valence-electron chi connectivity index (χ0n) is 16.3. The van der Waals surface area contributed by atoms with Crippen LogP contribution in [0.15, 0.2) is 18.2 Å². The second-order valence-electron chi connectivity index (χ2n) is 6.45. The fraction of sp³-hybridized carbons (Fsp3) is 0.619. The number of aryl methyl sites for hydroxylation is 1. The van der Waals surface area contributed by atoms with Gasteiger partial charge in [0, 0.05) is 0 Å². The third kappa shape index (κ3) is 6.18. The van der Waals surface area contributed by atoms with Crippen LogP contribution < -0.4 is 0 Å². The van der Waals surface area contributed by atoms with E-state index < -0.39 is 11.9 Å². The largest absolute Gasteiger partial charge is 0.459 e. The standard InChI is InChI=1S/C21H32O4/c1-6-11-16(8-3)24-20(22)18-14-10-13-15(5)19(18)21(23)25-17(9-4)12-7-2/h10,13-14,16-17H,6-9,11-12H2,1-5H3. The molecule has 1 aromatic carbocycles. The van der Waals surface area contributed by atoms with Gasteiger partial charge in [0.1, 0.15) is 12.2 Å². The lowest BCUT2D eigenvalue weighted by Gasteiger charge is -2.19. The lowest BCUT2D eigenvalue weighted by atomic mass is 10.0. The van der Waals surface area contributed by atoms with Crippen molar-refractivity contribution in [1.29, 1.82) is 0 Å². The summed E-state index contributed by atoms with van der Waals surface area (Å²) in [5.74, 6) is -0.881. The van der Waals surface area contributed by atoms with Gasteiger partial charge in [0.15, 0.2) is 0 Å². The Bertz CT molecular complexity index is 565. The third-order valence-corrected chi connectivity index (χ3v) is 4.38. The van der Waals surface area contributed by atoms with Gasteiger partial charge in [0.25, 0.3) is 0 Å². The Balaban J connectivity index is 3.04. The molecule has 0 spiro atoms. The van der Waals surface area contributed by atoms with E-state index in [2.05, 4.69) is 13.8 Å². The van der Waals surface area contributed by atoms with Crippen LogP contribution in [-0.4, -0.2) is 24.1 Å². The van der Waals surface area contributed by atoms with E-state index >= 15 is 0 Å². The molecule has 25 heavy (non-hydrogen) atoms. The molecular formula is C21H32O4. The maximum atomic E-state index is 12.7. The SMILES string of the molecule is CCCC(CC)OC(=O)c1cccc(C)c1C(=O)OC(CC)CCC. The number of rotatable bonds is 10. The Hall–Kier alpha value is -1.84. The molecule has 0 saturated carbocycles. The molecule has 1 rings (SSSR count). The van der Waals surface area contributed by atoms with Gasteiger partial charge in [-0.15, -0.1) is 0 Å². The minimum atomic E-state index is -0.445. The quantitative estimate of drug-likeness (QED) is 0.526. The maximum Gasteiger partial charge on any atom is 0.339 e. The van der Waals surface area contributed by atoms with Crippen molar-refractivity contribution in [2.45, 2.75) is 85.4 Å². The zero-order valence-corrected chi connectivity index (χ0v) is 16.3.